The number of esters is 2. The third-order valence-corrected chi connectivity index (χ3v) is 4.32. The zero-order valence-electron chi connectivity index (χ0n) is 11.5. The Bertz CT molecular complexity index is 392. The highest BCUT2D eigenvalue weighted by atomic mass is 32.2. The van der Waals surface area contributed by atoms with Crippen LogP contribution < -0.4 is 4.72 Å². The zero-order valence-corrected chi connectivity index (χ0v) is 12.3. The third kappa shape index (κ3) is 7.12. The Kier molecular flexibility index (Phi) is 8.33. The van der Waals surface area contributed by atoms with Crippen LogP contribution in [0.2, 0.25) is 0 Å². The molecule has 0 saturated heterocycles. The molecule has 0 saturated carbocycles. The number of sulfonamides is 1. The van der Waals surface area contributed by atoms with Crippen LogP contribution in [0.15, 0.2) is 0 Å². The van der Waals surface area contributed by atoms with Crippen LogP contribution in [-0.2, 0) is 29.1 Å². The van der Waals surface area contributed by atoms with Gasteiger partial charge in [0.05, 0.1) is 14.2 Å². The maximum absolute atomic E-state index is 11.6. The highest BCUT2D eigenvalue weighted by molar-refractivity contribution is 7.90. The van der Waals surface area contributed by atoms with E-state index in [-0.39, 0.29) is 12.5 Å². The van der Waals surface area contributed by atoms with Crippen LogP contribution >= 0.6 is 0 Å². The van der Waals surface area contributed by atoms with E-state index in [1.165, 1.54) is 14.0 Å². The van der Waals surface area contributed by atoms with Gasteiger partial charge < -0.3 is 9.47 Å². The number of methoxy groups -OCH3 is 2. The molecule has 0 aromatic heterocycles. The van der Waals surface area contributed by atoms with E-state index < -0.39 is 21.2 Å². The summed E-state index contributed by atoms with van der Waals surface area (Å²) in [5.74, 6) is -1.07. The minimum Gasteiger partial charge on any atom is -0.469 e. The Labute approximate surface area is 113 Å². The van der Waals surface area contributed by atoms with Gasteiger partial charge in [-0.15, -0.1) is 0 Å². The van der Waals surface area contributed by atoms with Crippen LogP contribution in [0.4, 0.5) is 0 Å². The van der Waals surface area contributed by atoms with E-state index in [0.29, 0.717) is 25.7 Å². The molecule has 0 aliphatic carbocycles. The fourth-order valence-electron chi connectivity index (χ4n) is 1.31. The van der Waals surface area contributed by atoms with E-state index in [0.717, 1.165) is 7.11 Å². The first-order chi connectivity index (χ1) is 8.85. The molecular weight excluding hydrogens is 274 g/mol. The molecule has 0 amide bonds. The molecule has 1 atom stereocenters. The summed E-state index contributed by atoms with van der Waals surface area (Å²) in [4.78, 5) is 21.9. The van der Waals surface area contributed by atoms with Gasteiger partial charge in [0.25, 0.3) is 0 Å². The predicted octanol–water partition coefficient (Wildman–Crippen LogP) is 0.201. The highest BCUT2D eigenvalue weighted by Crippen LogP contribution is 2.03. The molecule has 0 rings (SSSR count). The quantitative estimate of drug-likeness (QED) is 0.482. The van der Waals surface area contributed by atoms with Crippen molar-refractivity contribution in [2.24, 2.45) is 0 Å². The lowest BCUT2D eigenvalue weighted by molar-refractivity contribution is -0.141. The average Bonchev–Trinajstić information content (AvgIpc) is 2.40. The average molecular weight is 295 g/mol. The smallest absolute Gasteiger partial charge is 0.325 e. The third-order valence-electron chi connectivity index (χ3n) is 2.59. The molecule has 8 heteroatoms. The number of hydrogen-bond acceptors (Lipinski definition) is 6. The van der Waals surface area contributed by atoms with E-state index in [2.05, 4.69) is 14.2 Å². The SMILES string of the molecule is COC(=O)CCCCCNS(=O)(=O)C(C)C(=O)OC. The standard InChI is InChI=1S/C11H21NO6S/c1-9(11(14)18-3)19(15,16)12-8-6-4-5-7-10(13)17-2/h9,12H,4-8H2,1-3H3. The Morgan fingerprint density at radius 1 is 1.11 bits per heavy atom. The number of ether oxygens (including phenoxy) is 2. The van der Waals surface area contributed by atoms with E-state index in [4.69, 9.17) is 0 Å². The largest absolute Gasteiger partial charge is 0.469 e. The summed E-state index contributed by atoms with van der Waals surface area (Å²) in [6.07, 6.45) is 2.25. The van der Waals surface area contributed by atoms with Crippen LogP contribution in [0.5, 0.6) is 0 Å². The molecule has 0 spiro atoms. The van der Waals surface area contributed by atoms with Crippen molar-refractivity contribution in [2.45, 2.75) is 37.9 Å². The van der Waals surface area contributed by atoms with E-state index in [9.17, 15) is 18.0 Å². The van der Waals surface area contributed by atoms with E-state index in [1.807, 2.05) is 0 Å². The van der Waals surface area contributed by atoms with Crippen molar-refractivity contribution < 1.29 is 27.5 Å². The van der Waals surface area contributed by atoms with Gasteiger partial charge in [0.1, 0.15) is 0 Å². The molecule has 0 aliphatic rings. The molecule has 0 aliphatic heterocycles. The lowest BCUT2D eigenvalue weighted by Crippen LogP contribution is -2.38. The number of rotatable bonds is 9. The Morgan fingerprint density at radius 3 is 2.26 bits per heavy atom. The van der Waals surface area contributed by atoms with Crippen LogP contribution in [0.3, 0.4) is 0 Å². The fraction of sp³-hybridized carbons (Fsp3) is 0.818. The van der Waals surface area contributed by atoms with Crippen molar-refractivity contribution in [1.82, 2.24) is 4.72 Å². The van der Waals surface area contributed by atoms with Gasteiger partial charge in [-0.25, -0.2) is 13.1 Å². The predicted molar refractivity (Wildman–Crippen MR) is 68.9 cm³/mol. The molecular formula is C11H21NO6S. The number of carbonyl (C=O) groups excluding carboxylic acids is 2. The van der Waals surface area contributed by atoms with Crippen molar-refractivity contribution in [3.05, 3.63) is 0 Å². The normalized spacial score (nSPS) is 12.8. The first kappa shape index (κ1) is 17.8. The number of nitrogens with one attached hydrogen (secondary N) is 1. The Morgan fingerprint density at radius 2 is 1.74 bits per heavy atom. The van der Waals surface area contributed by atoms with Crippen molar-refractivity contribution in [3.8, 4) is 0 Å². The second kappa shape index (κ2) is 8.87. The maximum Gasteiger partial charge on any atom is 0.325 e. The topological polar surface area (TPSA) is 98.8 Å². The van der Waals surface area contributed by atoms with Gasteiger partial charge in [0.15, 0.2) is 5.25 Å². The van der Waals surface area contributed by atoms with E-state index in [1.54, 1.807) is 0 Å². The summed E-state index contributed by atoms with van der Waals surface area (Å²) in [5.41, 5.74) is 0. The highest BCUT2D eigenvalue weighted by Gasteiger charge is 2.27. The molecule has 0 bridgehead atoms. The lowest BCUT2D eigenvalue weighted by atomic mass is 10.2. The molecule has 0 aromatic rings. The number of hydrogen-bond donors (Lipinski definition) is 1. The fourth-order valence-corrected chi connectivity index (χ4v) is 2.33. The van der Waals surface area contributed by atoms with Gasteiger partial charge in [-0.3, -0.25) is 9.59 Å². The lowest BCUT2D eigenvalue weighted by Gasteiger charge is -2.11. The van der Waals surface area contributed by atoms with Gasteiger partial charge >= 0.3 is 11.9 Å². The Balaban J connectivity index is 3.88. The number of carbonyl (C=O) groups is 2. The summed E-state index contributed by atoms with van der Waals surface area (Å²) in [5, 5.41) is -1.23. The Hall–Kier alpha value is -1.15. The summed E-state index contributed by atoms with van der Waals surface area (Å²) >= 11 is 0. The van der Waals surface area contributed by atoms with Gasteiger partial charge in [-0.2, -0.15) is 0 Å². The molecule has 19 heavy (non-hydrogen) atoms. The van der Waals surface area contributed by atoms with Crippen LogP contribution in [0, 0.1) is 0 Å². The minimum atomic E-state index is -3.70. The minimum absolute atomic E-state index is 0.227. The van der Waals surface area contributed by atoms with E-state index >= 15 is 0 Å². The van der Waals surface area contributed by atoms with Crippen molar-refractivity contribution in [3.63, 3.8) is 0 Å². The molecule has 0 fully saturated rings. The molecule has 112 valence electrons. The van der Waals surface area contributed by atoms with Gasteiger partial charge in [0.2, 0.25) is 10.0 Å². The first-order valence-electron chi connectivity index (χ1n) is 5.98. The molecule has 0 radical (unpaired) electrons. The summed E-state index contributed by atoms with van der Waals surface area (Å²) in [6.45, 7) is 1.50. The summed E-state index contributed by atoms with van der Waals surface area (Å²) < 4.78 is 34.4. The van der Waals surface area contributed by atoms with Crippen molar-refractivity contribution in [2.75, 3.05) is 20.8 Å². The van der Waals surface area contributed by atoms with Crippen molar-refractivity contribution in [1.29, 1.82) is 0 Å². The van der Waals surface area contributed by atoms with Gasteiger partial charge in [-0.05, 0) is 19.8 Å². The monoisotopic (exact) mass is 295 g/mol. The summed E-state index contributed by atoms with van der Waals surface area (Å²) in [7, 11) is -1.23. The zero-order chi connectivity index (χ0) is 14.9. The van der Waals surface area contributed by atoms with Gasteiger partial charge in [0, 0.05) is 13.0 Å². The molecule has 1 unspecified atom stereocenters. The number of unbranched alkanes of at least 4 members (excludes halogenated alkanes) is 2. The van der Waals surface area contributed by atoms with Crippen LogP contribution in [0.25, 0.3) is 0 Å². The van der Waals surface area contributed by atoms with Crippen LogP contribution in [0.1, 0.15) is 32.6 Å². The molecule has 0 heterocycles. The second-order valence-corrected chi connectivity index (χ2v) is 6.08. The molecule has 7 nitrogen and oxygen atoms in total. The maximum atomic E-state index is 11.6. The second-order valence-electron chi connectivity index (χ2n) is 3.99. The van der Waals surface area contributed by atoms with Crippen LogP contribution in [-0.4, -0.2) is 46.4 Å². The molecule has 0 aromatic carbocycles. The summed E-state index contributed by atoms with van der Waals surface area (Å²) in [6, 6.07) is 0. The molecule has 1 N–H and O–H groups in total. The first-order valence-corrected chi connectivity index (χ1v) is 7.53. The van der Waals surface area contributed by atoms with Gasteiger partial charge in [-0.1, -0.05) is 6.42 Å². The van der Waals surface area contributed by atoms with Crippen molar-refractivity contribution >= 4 is 22.0 Å².